The molecule has 1 saturated carbocycles. The van der Waals surface area contributed by atoms with Crippen molar-refractivity contribution in [2.45, 2.75) is 75.4 Å². The van der Waals surface area contributed by atoms with Gasteiger partial charge in [0.1, 0.15) is 12.4 Å². The number of nitriles is 1. The smallest absolute Gasteiger partial charge is 0.318 e. The molecule has 3 aliphatic carbocycles. The highest BCUT2D eigenvalue weighted by atomic mass is 35.5. The normalized spacial score (nSPS) is 28.9. The van der Waals surface area contributed by atoms with Crippen molar-refractivity contribution in [3.8, 4) is 12.1 Å². The molecule has 3 heterocycles. The largest absolute Gasteiger partial charge is 0.462 e. The van der Waals surface area contributed by atoms with Crippen LogP contribution in [0.2, 0.25) is 5.02 Å². The van der Waals surface area contributed by atoms with Crippen molar-refractivity contribution < 1.29 is 13.9 Å². The summed E-state index contributed by atoms with van der Waals surface area (Å²) < 4.78 is 20.3. The number of ether oxygens (including phenoxy) is 1. The maximum atomic E-state index is 13.9. The standard InChI is InChI=1S/C34H38ClFN6O2/c1-20-16-34(26-5-4-6-27(35)30(20)26)11-9-25-28(17-34)38-33(44-19-29-22-7-8-23(15-22)40(29)3)39-31(25)41-13-14-42(32(43)21(2)36)24(18-41)10-12-37/h4-6,16,22-24,29H,2,7-11,13-15,17-19H2,1,3H3/t22?,23?,24-,29+,34-/m0/s1. The summed E-state index contributed by atoms with van der Waals surface area (Å²) in [7, 11) is 2.19. The summed E-state index contributed by atoms with van der Waals surface area (Å²) in [6.45, 7) is 6.97. The third-order valence-corrected chi connectivity index (χ3v) is 11.2. The van der Waals surface area contributed by atoms with E-state index in [4.69, 9.17) is 26.3 Å². The van der Waals surface area contributed by atoms with Crippen molar-refractivity contribution in [3.63, 3.8) is 0 Å². The minimum atomic E-state index is -1.01. The van der Waals surface area contributed by atoms with Gasteiger partial charge in [0.15, 0.2) is 5.83 Å². The van der Waals surface area contributed by atoms with Crippen LogP contribution in [-0.2, 0) is 23.1 Å². The van der Waals surface area contributed by atoms with Gasteiger partial charge in [0.2, 0.25) is 0 Å². The number of benzene rings is 1. The number of hydrogen-bond acceptors (Lipinski definition) is 7. The molecule has 5 atom stereocenters. The van der Waals surface area contributed by atoms with Gasteiger partial charge in [-0.15, -0.1) is 0 Å². The van der Waals surface area contributed by atoms with Gasteiger partial charge in [-0.3, -0.25) is 9.69 Å². The number of hydrogen-bond donors (Lipinski definition) is 0. The molecule has 10 heteroatoms. The number of carbonyl (C=O) groups excluding carboxylic acids is 1. The zero-order valence-corrected chi connectivity index (χ0v) is 26.1. The molecule has 1 amide bonds. The topological polar surface area (TPSA) is 85.6 Å². The Labute approximate surface area is 263 Å². The number of rotatable bonds is 6. The Hall–Kier alpha value is -3.48. The van der Waals surface area contributed by atoms with Crippen molar-refractivity contribution in [2.24, 2.45) is 5.92 Å². The summed E-state index contributed by atoms with van der Waals surface area (Å²) in [5, 5.41) is 10.3. The first-order chi connectivity index (χ1) is 21.2. The lowest BCUT2D eigenvalue weighted by molar-refractivity contribution is -0.131. The molecule has 8 nitrogen and oxygen atoms in total. The lowest BCUT2D eigenvalue weighted by atomic mass is 9.70. The van der Waals surface area contributed by atoms with Crippen LogP contribution in [0.5, 0.6) is 6.01 Å². The van der Waals surface area contributed by atoms with Crippen molar-refractivity contribution in [1.29, 1.82) is 5.26 Å². The van der Waals surface area contributed by atoms with E-state index >= 15 is 0 Å². The van der Waals surface area contributed by atoms with Gasteiger partial charge in [0.05, 0.1) is 24.2 Å². The number of amides is 1. The highest BCUT2D eigenvalue weighted by molar-refractivity contribution is 6.32. The summed E-state index contributed by atoms with van der Waals surface area (Å²) in [6.07, 6.45) is 8.53. The predicted octanol–water partition coefficient (Wildman–Crippen LogP) is 5.25. The molecular formula is C34H38ClFN6O2. The molecule has 0 radical (unpaired) electrons. The van der Waals surface area contributed by atoms with E-state index in [-0.39, 0.29) is 18.4 Å². The van der Waals surface area contributed by atoms with Gasteiger partial charge in [-0.25, -0.2) is 4.39 Å². The summed E-state index contributed by atoms with van der Waals surface area (Å²) in [5.41, 5.74) is 5.38. The highest BCUT2D eigenvalue weighted by Crippen LogP contribution is 2.51. The van der Waals surface area contributed by atoms with E-state index in [0.717, 1.165) is 40.5 Å². The van der Waals surface area contributed by atoms with Crippen LogP contribution in [0.15, 0.2) is 36.7 Å². The maximum Gasteiger partial charge on any atom is 0.318 e. The van der Waals surface area contributed by atoms with Crippen molar-refractivity contribution >= 4 is 28.9 Å². The monoisotopic (exact) mass is 616 g/mol. The first-order valence-electron chi connectivity index (χ1n) is 15.7. The average Bonchev–Trinajstić information content (AvgIpc) is 3.68. The number of carbonyl (C=O) groups is 1. The molecule has 0 N–H and O–H groups in total. The Morgan fingerprint density at radius 2 is 2.14 bits per heavy atom. The second kappa shape index (κ2) is 11.1. The van der Waals surface area contributed by atoms with Crippen LogP contribution >= 0.6 is 11.6 Å². The van der Waals surface area contributed by atoms with E-state index in [1.165, 1.54) is 35.3 Å². The summed E-state index contributed by atoms with van der Waals surface area (Å²) in [4.78, 5) is 28.6. The quantitative estimate of drug-likeness (QED) is 0.410. The van der Waals surface area contributed by atoms with E-state index < -0.39 is 17.8 Å². The highest BCUT2D eigenvalue weighted by Gasteiger charge is 2.45. The number of likely N-dealkylation sites (N-methyl/N-ethyl adjacent to an activating group) is 1. The molecule has 230 valence electrons. The van der Waals surface area contributed by atoms with Crippen LogP contribution < -0.4 is 9.64 Å². The van der Waals surface area contributed by atoms with E-state index in [0.29, 0.717) is 50.1 Å². The lowest BCUT2D eigenvalue weighted by Crippen LogP contribution is -2.55. The number of piperidine rings is 1. The third-order valence-electron chi connectivity index (χ3n) is 10.9. The van der Waals surface area contributed by atoms with Gasteiger partial charge in [-0.1, -0.05) is 36.4 Å². The molecule has 1 aromatic carbocycles. The van der Waals surface area contributed by atoms with E-state index in [1.807, 2.05) is 12.1 Å². The molecule has 7 rings (SSSR count). The number of allylic oxidation sites excluding steroid dienone is 2. The molecule has 2 unspecified atom stereocenters. The lowest BCUT2D eigenvalue weighted by Gasteiger charge is -2.42. The summed E-state index contributed by atoms with van der Waals surface area (Å²) >= 11 is 6.68. The maximum absolute atomic E-state index is 13.9. The number of piperazine rings is 1. The first kappa shape index (κ1) is 29.2. The summed E-state index contributed by atoms with van der Waals surface area (Å²) in [5.74, 6) is -0.329. The predicted molar refractivity (Wildman–Crippen MR) is 167 cm³/mol. The van der Waals surface area contributed by atoms with Crippen molar-refractivity contribution in [3.05, 3.63) is 64.1 Å². The third kappa shape index (κ3) is 4.78. The zero-order chi connectivity index (χ0) is 30.7. The van der Waals surface area contributed by atoms with Crippen LogP contribution in [0.3, 0.4) is 0 Å². The molecule has 2 saturated heterocycles. The molecule has 2 aliphatic heterocycles. The molecule has 44 heavy (non-hydrogen) atoms. The second-order valence-corrected chi connectivity index (χ2v) is 13.6. The molecule has 5 aliphatic rings. The van der Waals surface area contributed by atoms with Gasteiger partial charge in [0, 0.05) is 54.1 Å². The summed E-state index contributed by atoms with van der Waals surface area (Å²) in [6, 6.07) is 9.21. The fourth-order valence-corrected chi connectivity index (χ4v) is 9.02. The molecule has 1 spiro atoms. The number of anilines is 1. The Kier molecular flexibility index (Phi) is 7.41. The van der Waals surface area contributed by atoms with Crippen molar-refractivity contribution in [1.82, 2.24) is 19.8 Å². The Bertz CT molecular complexity index is 1600. The fourth-order valence-electron chi connectivity index (χ4n) is 8.69. The number of nitrogens with zero attached hydrogens (tertiary/aromatic N) is 6. The van der Waals surface area contributed by atoms with E-state index in [9.17, 15) is 14.4 Å². The average molecular weight is 617 g/mol. The zero-order valence-electron chi connectivity index (χ0n) is 25.4. The fraction of sp³-hybridized carbons (Fsp3) is 0.529. The van der Waals surface area contributed by atoms with Gasteiger partial charge in [-0.05, 0) is 74.8 Å². The number of aromatic nitrogens is 2. The molecular weight excluding hydrogens is 579 g/mol. The second-order valence-electron chi connectivity index (χ2n) is 13.2. The first-order valence-corrected chi connectivity index (χ1v) is 16.1. The number of fused-ring (bicyclic) bond motifs is 5. The van der Waals surface area contributed by atoms with Gasteiger partial charge in [0.25, 0.3) is 5.91 Å². The van der Waals surface area contributed by atoms with Crippen LogP contribution in [0.1, 0.15) is 61.4 Å². The van der Waals surface area contributed by atoms with Gasteiger partial charge < -0.3 is 14.5 Å². The SMILES string of the molecule is C=C(F)C(=O)N1CCN(c2nc(OC[C@@H]3C4CCC(C4)N3C)nc3c2CC[C@]2(C=C(C)c4c(Cl)cccc42)C3)C[C@@H]1CC#N. The Morgan fingerprint density at radius 3 is 2.89 bits per heavy atom. The molecule has 2 aromatic rings. The Balaban J connectivity index is 1.23. The number of halogens is 2. The van der Waals surface area contributed by atoms with Gasteiger partial charge in [-0.2, -0.15) is 15.2 Å². The van der Waals surface area contributed by atoms with E-state index in [2.05, 4.69) is 48.6 Å². The minimum Gasteiger partial charge on any atom is -0.462 e. The van der Waals surface area contributed by atoms with Crippen LogP contribution in [-0.4, -0.2) is 77.1 Å². The van der Waals surface area contributed by atoms with Gasteiger partial charge >= 0.3 is 6.01 Å². The van der Waals surface area contributed by atoms with Crippen LogP contribution in [0.25, 0.3) is 5.57 Å². The number of likely N-dealkylation sites (tertiary alicyclic amines) is 1. The van der Waals surface area contributed by atoms with E-state index in [1.54, 1.807) is 0 Å². The minimum absolute atomic E-state index is 0.0907. The Morgan fingerprint density at radius 1 is 1.30 bits per heavy atom. The molecule has 1 aromatic heterocycles. The van der Waals surface area contributed by atoms with Crippen LogP contribution in [0.4, 0.5) is 10.2 Å². The molecule has 2 bridgehead atoms. The van der Waals surface area contributed by atoms with Crippen LogP contribution in [0, 0.1) is 17.2 Å². The van der Waals surface area contributed by atoms with Crippen molar-refractivity contribution in [2.75, 3.05) is 38.2 Å². The molecule has 3 fully saturated rings.